The molecular formula is C11H20N4O. The molecule has 1 aliphatic carbocycles. The van der Waals surface area contributed by atoms with Crippen molar-refractivity contribution in [2.75, 3.05) is 6.61 Å². The Hall–Kier alpha value is -0.940. The molecule has 0 amide bonds. The van der Waals surface area contributed by atoms with Crippen LogP contribution < -0.4 is 5.73 Å². The molecule has 0 saturated heterocycles. The summed E-state index contributed by atoms with van der Waals surface area (Å²) in [5.41, 5.74) is 6.15. The van der Waals surface area contributed by atoms with Crippen molar-refractivity contribution < 1.29 is 4.74 Å². The third kappa shape index (κ3) is 2.80. The molecule has 1 aliphatic rings. The van der Waals surface area contributed by atoms with Crippen molar-refractivity contribution in [1.29, 1.82) is 0 Å². The van der Waals surface area contributed by atoms with Crippen molar-refractivity contribution in [2.24, 2.45) is 12.8 Å². The Balaban J connectivity index is 1.77. The van der Waals surface area contributed by atoms with Gasteiger partial charge in [-0.15, -0.1) is 0 Å². The first-order valence-corrected chi connectivity index (χ1v) is 5.89. The summed E-state index contributed by atoms with van der Waals surface area (Å²) < 4.78 is 7.38. The average Bonchev–Trinajstić information content (AvgIpc) is 2.65. The Labute approximate surface area is 96.0 Å². The molecule has 5 heteroatoms. The van der Waals surface area contributed by atoms with Crippen LogP contribution in [0.25, 0.3) is 0 Å². The van der Waals surface area contributed by atoms with Gasteiger partial charge in [0.05, 0.1) is 6.61 Å². The molecule has 2 rings (SSSR count). The van der Waals surface area contributed by atoms with E-state index in [9.17, 15) is 0 Å². The summed E-state index contributed by atoms with van der Waals surface area (Å²) in [6.45, 7) is 1.12. The number of ether oxygens (including phenoxy) is 1. The van der Waals surface area contributed by atoms with Crippen LogP contribution in [0.5, 0.6) is 0 Å². The second kappa shape index (κ2) is 4.93. The van der Waals surface area contributed by atoms with Gasteiger partial charge in [-0.3, -0.25) is 4.68 Å². The van der Waals surface area contributed by atoms with Gasteiger partial charge in [0.1, 0.15) is 12.9 Å². The van der Waals surface area contributed by atoms with Crippen LogP contribution in [0.2, 0.25) is 0 Å². The van der Waals surface area contributed by atoms with Crippen LogP contribution in [0.15, 0.2) is 6.33 Å². The summed E-state index contributed by atoms with van der Waals surface area (Å²) in [6.07, 6.45) is 7.45. The maximum absolute atomic E-state index is 6.27. The summed E-state index contributed by atoms with van der Waals surface area (Å²) in [5.74, 6) is 0.847. The van der Waals surface area contributed by atoms with Crippen LogP contribution in [0.1, 0.15) is 37.9 Å². The largest absolute Gasteiger partial charge is 0.372 e. The fourth-order valence-electron chi connectivity index (χ4n) is 2.20. The number of hydrogen-bond donors (Lipinski definition) is 1. The van der Waals surface area contributed by atoms with Crippen molar-refractivity contribution in [3.8, 4) is 0 Å². The normalized spacial score (nSPS) is 19.9. The van der Waals surface area contributed by atoms with Crippen LogP contribution >= 0.6 is 0 Å². The lowest BCUT2D eigenvalue weighted by Crippen LogP contribution is -2.46. The van der Waals surface area contributed by atoms with Gasteiger partial charge >= 0.3 is 0 Å². The molecule has 0 radical (unpaired) electrons. The molecule has 5 nitrogen and oxygen atoms in total. The lowest BCUT2D eigenvalue weighted by atomic mass is 9.83. The fraction of sp³-hybridized carbons (Fsp3) is 0.818. The summed E-state index contributed by atoms with van der Waals surface area (Å²) >= 11 is 0. The highest BCUT2D eigenvalue weighted by Gasteiger charge is 2.27. The first kappa shape index (κ1) is 11.5. The SMILES string of the molecule is Cn1ncnc1COCC1(N)CCCCC1. The minimum absolute atomic E-state index is 0.114. The molecule has 0 aromatic carbocycles. The van der Waals surface area contributed by atoms with E-state index < -0.39 is 0 Å². The molecule has 1 saturated carbocycles. The average molecular weight is 224 g/mol. The van der Waals surface area contributed by atoms with Crippen molar-refractivity contribution >= 4 is 0 Å². The third-order valence-corrected chi connectivity index (χ3v) is 3.28. The van der Waals surface area contributed by atoms with Crippen LogP contribution in [0, 0.1) is 0 Å². The van der Waals surface area contributed by atoms with E-state index in [1.807, 2.05) is 7.05 Å². The van der Waals surface area contributed by atoms with E-state index in [0.717, 1.165) is 18.7 Å². The van der Waals surface area contributed by atoms with E-state index in [-0.39, 0.29) is 5.54 Å². The summed E-state index contributed by atoms with van der Waals surface area (Å²) in [7, 11) is 1.87. The van der Waals surface area contributed by atoms with Gasteiger partial charge in [0, 0.05) is 12.6 Å². The molecule has 1 heterocycles. The first-order chi connectivity index (χ1) is 7.70. The minimum Gasteiger partial charge on any atom is -0.372 e. The second-order valence-electron chi connectivity index (χ2n) is 4.72. The Morgan fingerprint density at radius 1 is 1.44 bits per heavy atom. The summed E-state index contributed by atoms with van der Waals surface area (Å²) in [5, 5.41) is 3.99. The maximum atomic E-state index is 6.27. The number of hydrogen-bond acceptors (Lipinski definition) is 4. The van der Waals surface area contributed by atoms with Gasteiger partial charge in [-0.25, -0.2) is 4.98 Å². The molecular weight excluding hydrogens is 204 g/mol. The van der Waals surface area contributed by atoms with E-state index in [1.165, 1.54) is 25.6 Å². The highest BCUT2D eigenvalue weighted by molar-refractivity contribution is 4.88. The van der Waals surface area contributed by atoms with Crippen LogP contribution in [-0.2, 0) is 18.4 Å². The smallest absolute Gasteiger partial charge is 0.152 e. The molecule has 0 bridgehead atoms. The second-order valence-corrected chi connectivity index (χ2v) is 4.72. The Kier molecular flexibility index (Phi) is 3.56. The minimum atomic E-state index is -0.114. The van der Waals surface area contributed by atoms with E-state index in [0.29, 0.717) is 13.2 Å². The monoisotopic (exact) mass is 224 g/mol. The van der Waals surface area contributed by atoms with Gasteiger partial charge in [-0.2, -0.15) is 5.10 Å². The molecule has 1 fully saturated rings. The predicted molar refractivity (Wildman–Crippen MR) is 60.7 cm³/mol. The van der Waals surface area contributed by atoms with Gasteiger partial charge in [0.2, 0.25) is 0 Å². The molecule has 16 heavy (non-hydrogen) atoms. The van der Waals surface area contributed by atoms with Gasteiger partial charge in [-0.1, -0.05) is 19.3 Å². The fourth-order valence-corrected chi connectivity index (χ4v) is 2.20. The number of aryl methyl sites for hydroxylation is 1. The highest BCUT2D eigenvalue weighted by Crippen LogP contribution is 2.26. The van der Waals surface area contributed by atoms with Gasteiger partial charge in [-0.05, 0) is 12.8 Å². The molecule has 0 unspecified atom stereocenters. The number of nitrogens with zero attached hydrogens (tertiary/aromatic N) is 3. The van der Waals surface area contributed by atoms with Crippen molar-refractivity contribution in [3.63, 3.8) is 0 Å². The Morgan fingerprint density at radius 2 is 2.19 bits per heavy atom. The Morgan fingerprint density at radius 3 is 2.81 bits per heavy atom. The number of nitrogens with two attached hydrogens (primary N) is 1. The van der Waals surface area contributed by atoms with Crippen molar-refractivity contribution in [2.45, 2.75) is 44.2 Å². The molecule has 0 atom stereocenters. The summed E-state index contributed by atoms with van der Waals surface area (Å²) in [4.78, 5) is 4.11. The third-order valence-electron chi connectivity index (χ3n) is 3.28. The van der Waals surface area contributed by atoms with E-state index in [4.69, 9.17) is 10.5 Å². The van der Waals surface area contributed by atoms with Crippen molar-refractivity contribution in [1.82, 2.24) is 14.8 Å². The van der Waals surface area contributed by atoms with Crippen LogP contribution in [-0.4, -0.2) is 26.9 Å². The standard InChI is InChI=1S/C11H20N4O/c1-15-10(13-9-14-15)7-16-8-11(12)5-3-2-4-6-11/h9H,2-8,12H2,1H3. The van der Waals surface area contributed by atoms with E-state index in [1.54, 1.807) is 4.68 Å². The predicted octanol–water partition coefficient (Wildman–Crippen LogP) is 0.993. The zero-order valence-electron chi connectivity index (χ0n) is 9.85. The Bertz CT molecular complexity index is 330. The molecule has 0 aliphatic heterocycles. The topological polar surface area (TPSA) is 66.0 Å². The van der Waals surface area contributed by atoms with Gasteiger partial charge in [0.15, 0.2) is 5.82 Å². The first-order valence-electron chi connectivity index (χ1n) is 5.89. The van der Waals surface area contributed by atoms with Crippen LogP contribution in [0.4, 0.5) is 0 Å². The zero-order chi connectivity index (χ0) is 11.4. The quantitative estimate of drug-likeness (QED) is 0.828. The van der Waals surface area contributed by atoms with Gasteiger partial charge in [0.25, 0.3) is 0 Å². The molecule has 90 valence electrons. The van der Waals surface area contributed by atoms with Crippen LogP contribution in [0.3, 0.4) is 0 Å². The highest BCUT2D eigenvalue weighted by atomic mass is 16.5. The number of aromatic nitrogens is 3. The van der Waals surface area contributed by atoms with E-state index in [2.05, 4.69) is 10.1 Å². The maximum Gasteiger partial charge on any atom is 0.152 e. The van der Waals surface area contributed by atoms with Gasteiger partial charge < -0.3 is 10.5 Å². The lowest BCUT2D eigenvalue weighted by molar-refractivity contribution is 0.0526. The molecule has 1 aromatic rings. The molecule has 1 aromatic heterocycles. The zero-order valence-corrected chi connectivity index (χ0v) is 9.85. The molecule has 2 N–H and O–H groups in total. The number of rotatable bonds is 4. The summed E-state index contributed by atoms with van der Waals surface area (Å²) in [6, 6.07) is 0. The lowest BCUT2D eigenvalue weighted by Gasteiger charge is -2.32. The molecule has 0 spiro atoms. The van der Waals surface area contributed by atoms with Crippen molar-refractivity contribution in [3.05, 3.63) is 12.2 Å². The van der Waals surface area contributed by atoms with E-state index >= 15 is 0 Å².